The van der Waals surface area contributed by atoms with Crippen molar-refractivity contribution in [2.24, 2.45) is 20.0 Å². The Hall–Kier alpha value is -2.96. The Bertz CT molecular complexity index is 1230. The molecule has 2 unspecified atom stereocenters. The fourth-order valence-corrected chi connectivity index (χ4v) is 5.22. The van der Waals surface area contributed by atoms with E-state index in [0.29, 0.717) is 16.5 Å². The van der Waals surface area contributed by atoms with Gasteiger partial charge in [-0.3, -0.25) is 9.59 Å². The summed E-state index contributed by atoms with van der Waals surface area (Å²) in [4.78, 5) is 27.6. The minimum atomic E-state index is -2.82. The van der Waals surface area contributed by atoms with Gasteiger partial charge in [-0.15, -0.1) is 0 Å². The lowest BCUT2D eigenvalue weighted by Crippen LogP contribution is -2.38. The Morgan fingerprint density at radius 2 is 1.79 bits per heavy atom. The van der Waals surface area contributed by atoms with Gasteiger partial charge in [-0.1, -0.05) is 30.3 Å². The Morgan fingerprint density at radius 3 is 2.48 bits per heavy atom. The number of aromatic nitrogens is 2. The number of likely N-dealkylation sites (tertiary alicyclic amines) is 1. The molecule has 150 valence electrons. The van der Waals surface area contributed by atoms with Crippen molar-refractivity contribution < 1.29 is 13.6 Å². The Kier molecular flexibility index (Phi) is 3.47. The first-order valence-corrected chi connectivity index (χ1v) is 9.58. The molecule has 1 aromatic carbocycles. The van der Waals surface area contributed by atoms with Crippen LogP contribution in [0.2, 0.25) is 0 Å². The van der Waals surface area contributed by atoms with Crippen LogP contribution in [0.25, 0.3) is 10.9 Å². The number of alkyl halides is 2. The highest BCUT2D eigenvalue weighted by Gasteiger charge is 2.84. The number of piperidine rings is 1. The maximum Gasteiger partial charge on any atom is 0.265 e. The highest BCUT2D eigenvalue weighted by atomic mass is 19.3. The third kappa shape index (κ3) is 2.13. The van der Waals surface area contributed by atoms with E-state index in [4.69, 9.17) is 0 Å². The molecular weight excluding hydrogens is 376 g/mol. The highest BCUT2D eigenvalue weighted by molar-refractivity contribution is 6.07. The van der Waals surface area contributed by atoms with E-state index in [9.17, 15) is 18.4 Å². The lowest BCUT2D eigenvalue weighted by Gasteiger charge is -2.23. The molecule has 0 N–H and O–H groups in total. The molecule has 1 aliphatic heterocycles. The van der Waals surface area contributed by atoms with Gasteiger partial charge in [0.1, 0.15) is 0 Å². The van der Waals surface area contributed by atoms with Gasteiger partial charge in [-0.05, 0) is 18.1 Å². The molecule has 29 heavy (non-hydrogen) atoms. The topological polar surface area (TPSA) is 47.2 Å². The van der Waals surface area contributed by atoms with E-state index in [1.807, 2.05) is 6.92 Å². The monoisotopic (exact) mass is 397 g/mol. The summed E-state index contributed by atoms with van der Waals surface area (Å²) in [7, 11) is 3.43. The van der Waals surface area contributed by atoms with Gasteiger partial charge in [-0.2, -0.15) is 0 Å². The number of carbonyl (C=O) groups excluding carboxylic acids is 1. The normalized spacial score (nSPS) is 24.7. The van der Waals surface area contributed by atoms with E-state index in [-0.39, 0.29) is 30.1 Å². The molecular formula is C22H21F2N3O2. The summed E-state index contributed by atoms with van der Waals surface area (Å²) >= 11 is 0. The van der Waals surface area contributed by atoms with Crippen LogP contribution in [-0.4, -0.2) is 39.0 Å². The minimum absolute atomic E-state index is 0.0107. The summed E-state index contributed by atoms with van der Waals surface area (Å²) < 4.78 is 32.5. The molecule has 2 atom stereocenters. The lowest BCUT2D eigenvalue weighted by atomic mass is 9.94. The summed E-state index contributed by atoms with van der Waals surface area (Å²) in [6.45, 7) is 1.82. The van der Waals surface area contributed by atoms with E-state index in [2.05, 4.69) is 0 Å². The van der Waals surface area contributed by atoms with Crippen LogP contribution in [0, 0.1) is 12.8 Å². The van der Waals surface area contributed by atoms with Crippen molar-refractivity contribution in [2.45, 2.75) is 18.3 Å². The molecule has 3 aromatic rings. The van der Waals surface area contributed by atoms with Crippen LogP contribution in [0.15, 0.2) is 47.5 Å². The molecule has 7 heteroatoms. The van der Waals surface area contributed by atoms with Crippen molar-refractivity contribution in [3.63, 3.8) is 0 Å². The zero-order chi connectivity index (χ0) is 20.7. The molecule has 1 aliphatic carbocycles. The van der Waals surface area contributed by atoms with Crippen LogP contribution in [0.4, 0.5) is 8.78 Å². The van der Waals surface area contributed by atoms with E-state index in [0.717, 1.165) is 5.56 Å². The summed E-state index contributed by atoms with van der Waals surface area (Å²) in [5.41, 5.74) is 0.829. The third-order valence-corrected chi connectivity index (χ3v) is 6.67. The maximum absolute atomic E-state index is 14.7. The smallest absolute Gasteiger partial charge is 0.265 e. The van der Waals surface area contributed by atoms with E-state index in [1.54, 1.807) is 61.4 Å². The molecule has 1 saturated carbocycles. The fourth-order valence-electron chi connectivity index (χ4n) is 5.22. The van der Waals surface area contributed by atoms with Crippen LogP contribution in [0.3, 0.4) is 0 Å². The second-order valence-corrected chi connectivity index (χ2v) is 8.30. The number of fused-ring (bicyclic) bond motifs is 2. The number of amides is 1. The average molecular weight is 397 g/mol. The number of pyridine rings is 1. The van der Waals surface area contributed by atoms with Crippen molar-refractivity contribution >= 4 is 16.8 Å². The molecule has 2 fully saturated rings. The van der Waals surface area contributed by atoms with E-state index < -0.39 is 17.3 Å². The maximum atomic E-state index is 14.7. The van der Waals surface area contributed by atoms with E-state index >= 15 is 0 Å². The van der Waals surface area contributed by atoms with Gasteiger partial charge in [-0.25, -0.2) is 8.78 Å². The first kappa shape index (κ1) is 18.1. The zero-order valence-corrected chi connectivity index (χ0v) is 16.4. The predicted molar refractivity (Wildman–Crippen MR) is 105 cm³/mol. The Balaban J connectivity index is 1.57. The second kappa shape index (κ2) is 5.55. The van der Waals surface area contributed by atoms with Crippen molar-refractivity contribution in [2.75, 3.05) is 13.1 Å². The SMILES string of the molecule is Cc1cn(C)c(=O)c2c(C(=O)N3CC4C(F)(F)C4(c4ccccc4)C3)cn(C)c12. The molecule has 0 radical (unpaired) electrons. The lowest BCUT2D eigenvalue weighted by molar-refractivity contribution is 0.0394. The van der Waals surface area contributed by atoms with Gasteiger partial charge < -0.3 is 14.0 Å². The summed E-state index contributed by atoms with van der Waals surface area (Å²) in [5.74, 6) is -4.08. The van der Waals surface area contributed by atoms with Crippen LogP contribution in [0.5, 0.6) is 0 Å². The number of rotatable bonds is 2. The molecule has 5 rings (SSSR count). The summed E-state index contributed by atoms with van der Waals surface area (Å²) in [6.07, 6.45) is 3.37. The zero-order valence-electron chi connectivity index (χ0n) is 16.4. The first-order chi connectivity index (χ1) is 13.7. The van der Waals surface area contributed by atoms with Gasteiger partial charge in [0.15, 0.2) is 0 Å². The third-order valence-electron chi connectivity index (χ3n) is 6.67. The van der Waals surface area contributed by atoms with Crippen molar-refractivity contribution in [3.8, 4) is 0 Å². The number of benzene rings is 1. The highest BCUT2D eigenvalue weighted by Crippen LogP contribution is 2.70. The summed E-state index contributed by atoms with van der Waals surface area (Å²) in [6, 6.07) is 8.70. The Labute approximate surface area is 166 Å². The van der Waals surface area contributed by atoms with Gasteiger partial charge in [0.2, 0.25) is 0 Å². The molecule has 0 bridgehead atoms. The minimum Gasteiger partial charge on any atom is -0.349 e. The Morgan fingerprint density at radius 1 is 1.10 bits per heavy atom. The van der Waals surface area contributed by atoms with Crippen LogP contribution in [-0.2, 0) is 19.5 Å². The standard InChI is InChI=1S/C22H21F2N3O2/c1-13-9-26(3)20(29)17-15(10-25(2)18(13)17)19(28)27-11-16-21(12-27,22(16,23)24)14-7-5-4-6-8-14/h4-10,16H,11-12H2,1-3H3. The van der Waals surface area contributed by atoms with E-state index in [1.165, 1.54) is 9.47 Å². The van der Waals surface area contributed by atoms with Crippen molar-refractivity contribution in [3.05, 3.63) is 69.8 Å². The van der Waals surface area contributed by atoms with Crippen molar-refractivity contribution in [1.82, 2.24) is 14.0 Å². The average Bonchev–Trinajstić information content (AvgIpc) is 3.06. The molecule has 5 nitrogen and oxygen atoms in total. The summed E-state index contributed by atoms with van der Waals surface area (Å²) in [5, 5.41) is 0.348. The molecule has 1 amide bonds. The molecule has 3 heterocycles. The molecule has 2 aliphatic rings. The number of hydrogen-bond acceptors (Lipinski definition) is 2. The second-order valence-electron chi connectivity index (χ2n) is 8.30. The number of aryl methyl sites for hydroxylation is 3. The van der Waals surface area contributed by atoms with Crippen molar-refractivity contribution in [1.29, 1.82) is 0 Å². The first-order valence-electron chi connectivity index (χ1n) is 9.58. The number of carbonyl (C=O) groups is 1. The molecule has 1 saturated heterocycles. The quantitative estimate of drug-likeness (QED) is 0.668. The van der Waals surface area contributed by atoms with Gasteiger partial charge >= 0.3 is 0 Å². The molecule has 0 spiro atoms. The number of nitrogens with zero attached hydrogens (tertiary/aromatic N) is 3. The van der Waals surface area contributed by atoms with Gasteiger partial charge in [0, 0.05) is 39.6 Å². The fraction of sp³-hybridized carbons (Fsp3) is 0.364. The van der Waals surface area contributed by atoms with Gasteiger partial charge in [0.25, 0.3) is 17.4 Å². The predicted octanol–water partition coefficient (Wildman–Crippen LogP) is 2.84. The number of hydrogen-bond donors (Lipinski definition) is 0. The van der Waals surface area contributed by atoms with Crippen LogP contribution in [0.1, 0.15) is 21.5 Å². The largest absolute Gasteiger partial charge is 0.349 e. The van der Waals surface area contributed by atoms with Crippen LogP contribution < -0.4 is 5.56 Å². The molecule has 2 aromatic heterocycles. The number of halogens is 2. The van der Waals surface area contributed by atoms with Crippen LogP contribution >= 0.6 is 0 Å². The van der Waals surface area contributed by atoms with Gasteiger partial charge in [0.05, 0.1) is 27.8 Å².